The maximum Gasteiger partial charge on any atom is 0.277 e. The van der Waals surface area contributed by atoms with Crippen LogP contribution in [0, 0.1) is 20.2 Å². The molecule has 25 heavy (non-hydrogen) atoms. The SMILES string of the molecule is CC(C)(C)c1ccc(NC(=O)c2cc([N+](=O)[O-])cc([N+](=O)[O-])c2)cc1. The normalized spacial score (nSPS) is 11.0. The molecule has 0 saturated heterocycles. The highest BCUT2D eigenvalue weighted by Crippen LogP contribution is 2.25. The van der Waals surface area contributed by atoms with Crippen molar-refractivity contribution in [3.8, 4) is 0 Å². The van der Waals surface area contributed by atoms with Crippen LogP contribution >= 0.6 is 0 Å². The molecule has 0 atom stereocenters. The Morgan fingerprint density at radius 1 is 0.920 bits per heavy atom. The summed E-state index contributed by atoms with van der Waals surface area (Å²) in [5, 5.41) is 24.4. The molecule has 2 aromatic rings. The van der Waals surface area contributed by atoms with Gasteiger partial charge in [-0.3, -0.25) is 25.0 Å². The standard InChI is InChI=1S/C17H17N3O5/c1-17(2,3)12-4-6-13(7-5-12)18-16(21)11-8-14(19(22)23)10-15(9-11)20(24)25/h4-10H,1-3H3,(H,18,21). The monoisotopic (exact) mass is 343 g/mol. The third kappa shape index (κ3) is 4.37. The lowest BCUT2D eigenvalue weighted by Gasteiger charge is -2.19. The summed E-state index contributed by atoms with van der Waals surface area (Å²) in [4.78, 5) is 32.5. The highest BCUT2D eigenvalue weighted by molar-refractivity contribution is 6.05. The fraction of sp³-hybridized carbons (Fsp3) is 0.235. The van der Waals surface area contributed by atoms with Gasteiger partial charge < -0.3 is 5.32 Å². The lowest BCUT2D eigenvalue weighted by atomic mass is 9.87. The van der Waals surface area contributed by atoms with E-state index < -0.39 is 27.1 Å². The molecule has 0 fully saturated rings. The molecule has 0 spiro atoms. The zero-order valence-corrected chi connectivity index (χ0v) is 14.0. The molecule has 0 radical (unpaired) electrons. The summed E-state index contributed by atoms with van der Waals surface area (Å²) in [6, 6.07) is 9.98. The van der Waals surface area contributed by atoms with Crippen molar-refractivity contribution < 1.29 is 14.6 Å². The summed E-state index contributed by atoms with van der Waals surface area (Å²) in [5.74, 6) is -0.657. The van der Waals surface area contributed by atoms with Gasteiger partial charge in [0.15, 0.2) is 0 Å². The maximum atomic E-state index is 12.3. The topological polar surface area (TPSA) is 115 Å². The first-order valence-electron chi connectivity index (χ1n) is 7.44. The number of anilines is 1. The van der Waals surface area contributed by atoms with Crippen LogP contribution in [0.4, 0.5) is 17.1 Å². The minimum atomic E-state index is -0.776. The molecule has 2 rings (SSSR count). The Bertz CT molecular complexity index is 806. The summed E-state index contributed by atoms with van der Waals surface area (Å²) in [7, 11) is 0. The van der Waals surface area contributed by atoms with Crippen LogP contribution in [-0.4, -0.2) is 15.8 Å². The van der Waals surface area contributed by atoms with E-state index in [4.69, 9.17) is 0 Å². The minimum Gasteiger partial charge on any atom is -0.322 e. The van der Waals surface area contributed by atoms with Gasteiger partial charge in [0.2, 0.25) is 0 Å². The highest BCUT2D eigenvalue weighted by Gasteiger charge is 2.20. The summed E-state index contributed by atoms with van der Waals surface area (Å²) in [6.07, 6.45) is 0. The van der Waals surface area contributed by atoms with E-state index in [0.29, 0.717) is 5.69 Å². The Balaban J connectivity index is 2.28. The zero-order chi connectivity index (χ0) is 18.8. The first kappa shape index (κ1) is 18.1. The van der Waals surface area contributed by atoms with E-state index in [2.05, 4.69) is 26.1 Å². The van der Waals surface area contributed by atoms with Gasteiger partial charge in [-0.1, -0.05) is 32.9 Å². The average molecular weight is 343 g/mol. The Hall–Kier alpha value is -3.29. The molecular formula is C17H17N3O5. The number of benzene rings is 2. The predicted molar refractivity (Wildman–Crippen MR) is 92.8 cm³/mol. The largest absolute Gasteiger partial charge is 0.322 e. The van der Waals surface area contributed by atoms with Crippen LogP contribution in [-0.2, 0) is 5.41 Å². The number of carbonyl (C=O) groups is 1. The molecule has 0 aliphatic rings. The number of amides is 1. The first-order chi connectivity index (χ1) is 11.6. The van der Waals surface area contributed by atoms with E-state index in [0.717, 1.165) is 23.8 Å². The molecule has 0 aromatic heterocycles. The van der Waals surface area contributed by atoms with E-state index in [1.165, 1.54) is 0 Å². The van der Waals surface area contributed by atoms with Crippen molar-refractivity contribution in [3.63, 3.8) is 0 Å². The summed E-state index contributed by atoms with van der Waals surface area (Å²) < 4.78 is 0. The van der Waals surface area contributed by atoms with E-state index >= 15 is 0 Å². The Kier molecular flexibility index (Phi) is 4.82. The number of non-ortho nitro benzene ring substituents is 2. The van der Waals surface area contributed by atoms with Crippen molar-refractivity contribution in [2.45, 2.75) is 26.2 Å². The number of nitro benzene ring substituents is 2. The van der Waals surface area contributed by atoms with Crippen LogP contribution in [0.1, 0.15) is 36.7 Å². The molecule has 0 saturated carbocycles. The molecule has 0 aliphatic carbocycles. The van der Waals surface area contributed by atoms with E-state index in [1.54, 1.807) is 12.1 Å². The van der Waals surface area contributed by atoms with Crippen LogP contribution in [0.3, 0.4) is 0 Å². The molecule has 1 N–H and O–H groups in total. The molecule has 130 valence electrons. The lowest BCUT2D eigenvalue weighted by molar-refractivity contribution is -0.394. The van der Waals surface area contributed by atoms with Crippen molar-refractivity contribution in [1.82, 2.24) is 0 Å². The van der Waals surface area contributed by atoms with E-state index in [-0.39, 0.29) is 11.0 Å². The zero-order valence-electron chi connectivity index (χ0n) is 14.0. The number of hydrogen-bond donors (Lipinski definition) is 1. The quantitative estimate of drug-likeness (QED) is 0.664. The maximum absolute atomic E-state index is 12.3. The van der Waals surface area contributed by atoms with Gasteiger partial charge in [0.1, 0.15) is 0 Å². The number of carbonyl (C=O) groups excluding carboxylic acids is 1. The number of nitro groups is 2. The minimum absolute atomic E-state index is 0.0385. The van der Waals surface area contributed by atoms with Gasteiger partial charge >= 0.3 is 0 Å². The van der Waals surface area contributed by atoms with Crippen molar-refractivity contribution in [1.29, 1.82) is 0 Å². The second-order valence-electron chi connectivity index (χ2n) is 6.53. The number of nitrogens with one attached hydrogen (secondary N) is 1. The fourth-order valence-electron chi connectivity index (χ4n) is 2.19. The van der Waals surface area contributed by atoms with Gasteiger partial charge in [0, 0.05) is 17.8 Å². The molecular weight excluding hydrogens is 326 g/mol. The molecule has 0 unspecified atom stereocenters. The van der Waals surface area contributed by atoms with Crippen LogP contribution in [0.5, 0.6) is 0 Å². The second kappa shape index (κ2) is 6.68. The van der Waals surface area contributed by atoms with Gasteiger partial charge in [-0.2, -0.15) is 0 Å². The summed E-state index contributed by atoms with van der Waals surface area (Å²) >= 11 is 0. The lowest BCUT2D eigenvalue weighted by Crippen LogP contribution is -2.14. The summed E-state index contributed by atoms with van der Waals surface area (Å²) in [6.45, 7) is 6.18. The first-order valence-corrected chi connectivity index (χ1v) is 7.44. The van der Waals surface area contributed by atoms with Crippen molar-refractivity contribution in [2.24, 2.45) is 0 Å². The second-order valence-corrected chi connectivity index (χ2v) is 6.53. The van der Waals surface area contributed by atoms with Gasteiger partial charge in [-0.25, -0.2) is 0 Å². The van der Waals surface area contributed by atoms with Gasteiger partial charge in [-0.05, 0) is 23.1 Å². The van der Waals surface area contributed by atoms with E-state index in [1.807, 2.05) is 12.1 Å². The van der Waals surface area contributed by atoms with E-state index in [9.17, 15) is 25.0 Å². The Morgan fingerprint density at radius 2 is 1.40 bits per heavy atom. The third-order valence-electron chi connectivity index (χ3n) is 3.60. The number of hydrogen-bond acceptors (Lipinski definition) is 5. The van der Waals surface area contributed by atoms with Crippen LogP contribution in [0.25, 0.3) is 0 Å². The van der Waals surface area contributed by atoms with Crippen molar-refractivity contribution in [2.75, 3.05) is 5.32 Å². The molecule has 8 nitrogen and oxygen atoms in total. The smallest absolute Gasteiger partial charge is 0.277 e. The molecule has 0 aliphatic heterocycles. The van der Waals surface area contributed by atoms with Gasteiger partial charge in [0.25, 0.3) is 17.3 Å². The van der Waals surface area contributed by atoms with Gasteiger partial charge in [-0.15, -0.1) is 0 Å². The molecule has 1 amide bonds. The van der Waals surface area contributed by atoms with Crippen LogP contribution < -0.4 is 5.32 Å². The van der Waals surface area contributed by atoms with Crippen molar-refractivity contribution in [3.05, 3.63) is 73.8 Å². The molecule has 0 bridgehead atoms. The third-order valence-corrected chi connectivity index (χ3v) is 3.60. The molecule has 8 heteroatoms. The summed E-state index contributed by atoms with van der Waals surface area (Å²) in [5.41, 5.74) is 0.359. The van der Waals surface area contributed by atoms with Crippen LogP contribution in [0.2, 0.25) is 0 Å². The van der Waals surface area contributed by atoms with Crippen molar-refractivity contribution >= 4 is 23.0 Å². The number of nitrogens with zero attached hydrogens (tertiary/aromatic N) is 2. The Labute approximate surface area is 143 Å². The molecule has 0 heterocycles. The fourth-order valence-corrected chi connectivity index (χ4v) is 2.19. The highest BCUT2D eigenvalue weighted by atomic mass is 16.6. The molecule has 2 aromatic carbocycles. The average Bonchev–Trinajstić information content (AvgIpc) is 2.53. The Morgan fingerprint density at radius 3 is 1.80 bits per heavy atom. The predicted octanol–water partition coefficient (Wildman–Crippen LogP) is 4.05. The van der Waals surface area contributed by atoms with Crippen LogP contribution in [0.15, 0.2) is 42.5 Å². The van der Waals surface area contributed by atoms with Gasteiger partial charge in [0.05, 0.1) is 21.5 Å². The number of rotatable bonds is 4.